The molecule has 0 aliphatic heterocycles. The smallest absolute Gasteiger partial charge is 0.146 e. The Kier molecular flexibility index (Phi) is 3.89. The fourth-order valence-corrected chi connectivity index (χ4v) is 1.11. The van der Waals surface area contributed by atoms with E-state index in [-0.39, 0.29) is 0 Å². The zero-order valence-electron chi connectivity index (χ0n) is 8.67. The molecule has 0 bridgehead atoms. The van der Waals surface area contributed by atoms with Gasteiger partial charge in [-0.1, -0.05) is 13.3 Å². The topological polar surface area (TPSA) is 42.7 Å². The Hall–Kier alpha value is -0.900. The van der Waals surface area contributed by atoms with Crippen LogP contribution in [0.25, 0.3) is 0 Å². The number of nitrogens with one attached hydrogen (secondary N) is 1. The van der Waals surface area contributed by atoms with E-state index in [0.717, 1.165) is 24.7 Å². The van der Waals surface area contributed by atoms with Crippen LogP contribution in [0.2, 0.25) is 0 Å². The van der Waals surface area contributed by atoms with E-state index >= 15 is 0 Å². The summed E-state index contributed by atoms with van der Waals surface area (Å²) in [5, 5.41) is 11.4. The normalized spacial score (nSPS) is 10.7. The van der Waals surface area contributed by atoms with Gasteiger partial charge in [-0.3, -0.25) is 0 Å². The van der Waals surface area contributed by atoms with E-state index < -0.39 is 0 Å². The Morgan fingerprint density at radius 2 is 2.15 bits per heavy atom. The fourth-order valence-electron chi connectivity index (χ4n) is 1.11. The first-order valence-electron chi connectivity index (χ1n) is 4.81. The van der Waals surface area contributed by atoms with Crippen molar-refractivity contribution in [3.63, 3.8) is 0 Å². The molecule has 0 atom stereocenters. The Labute approximate surface area is 79.4 Å². The van der Waals surface area contributed by atoms with Crippen LogP contribution in [0, 0.1) is 6.92 Å². The Morgan fingerprint density at radius 1 is 1.38 bits per heavy atom. The average Bonchev–Trinajstić information content (AvgIpc) is 2.43. The Morgan fingerprint density at radius 3 is 2.69 bits per heavy atom. The van der Waals surface area contributed by atoms with Gasteiger partial charge in [0.15, 0.2) is 0 Å². The summed E-state index contributed by atoms with van der Waals surface area (Å²) in [5.41, 5.74) is 0. The van der Waals surface area contributed by atoms with Crippen LogP contribution in [-0.2, 0) is 13.6 Å². The molecule has 0 unspecified atom stereocenters. The van der Waals surface area contributed by atoms with E-state index in [0.29, 0.717) is 0 Å². The SMILES string of the molecule is CCCCNCc1nnc(C)n1C. The molecule has 0 saturated carbocycles. The molecule has 0 aliphatic carbocycles. The monoisotopic (exact) mass is 182 g/mol. The second-order valence-corrected chi connectivity index (χ2v) is 3.25. The summed E-state index contributed by atoms with van der Waals surface area (Å²) in [6, 6.07) is 0. The predicted molar refractivity (Wildman–Crippen MR) is 52.4 cm³/mol. The third-order valence-electron chi connectivity index (χ3n) is 2.17. The molecule has 74 valence electrons. The highest BCUT2D eigenvalue weighted by atomic mass is 15.3. The van der Waals surface area contributed by atoms with Crippen molar-refractivity contribution in [3.8, 4) is 0 Å². The minimum atomic E-state index is 0.817. The van der Waals surface area contributed by atoms with Gasteiger partial charge in [0.25, 0.3) is 0 Å². The van der Waals surface area contributed by atoms with E-state index in [1.165, 1.54) is 12.8 Å². The molecule has 0 aliphatic rings. The molecule has 4 nitrogen and oxygen atoms in total. The second kappa shape index (κ2) is 4.97. The highest BCUT2D eigenvalue weighted by Crippen LogP contribution is 1.96. The van der Waals surface area contributed by atoms with Gasteiger partial charge in [-0.15, -0.1) is 10.2 Å². The number of aryl methyl sites for hydroxylation is 1. The van der Waals surface area contributed by atoms with E-state index in [1.807, 2.05) is 18.5 Å². The molecule has 13 heavy (non-hydrogen) atoms. The van der Waals surface area contributed by atoms with E-state index in [9.17, 15) is 0 Å². The Balaban J connectivity index is 2.32. The van der Waals surface area contributed by atoms with Gasteiger partial charge in [-0.25, -0.2) is 0 Å². The van der Waals surface area contributed by atoms with Crippen LogP contribution in [0.5, 0.6) is 0 Å². The second-order valence-electron chi connectivity index (χ2n) is 3.25. The summed E-state index contributed by atoms with van der Waals surface area (Å²) in [4.78, 5) is 0. The van der Waals surface area contributed by atoms with Gasteiger partial charge in [-0.05, 0) is 19.9 Å². The van der Waals surface area contributed by atoms with Crippen molar-refractivity contribution in [1.29, 1.82) is 0 Å². The summed E-state index contributed by atoms with van der Waals surface area (Å²) in [7, 11) is 1.99. The molecule has 1 aromatic rings. The average molecular weight is 182 g/mol. The van der Waals surface area contributed by atoms with Gasteiger partial charge in [-0.2, -0.15) is 0 Å². The highest BCUT2D eigenvalue weighted by Gasteiger charge is 2.02. The van der Waals surface area contributed by atoms with Crippen molar-refractivity contribution in [3.05, 3.63) is 11.6 Å². The molecular formula is C9H18N4. The first-order chi connectivity index (χ1) is 6.25. The summed E-state index contributed by atoms with van der Waals surface area (Å²) < 4.78 is 2.01. The van der Waals surface area contributed by atoms with Crippen molar-refractivity contribution in [2.45, 2.75) is 33.2 Å². The minimum absolute atomic E-state index is 0.817. The first-order valence-corrected chi connectivity index (χ1v) is 4.81. The van der Waals surface area contributed by atoms with Gasteiger partial charge in [0.1, 0.15) is 11.6 Å². The standard InChI is InChI=1S/C9H18N4/c1-4-5-6-10-7-9-12-11-8(2)13(9)3/h10H,4-7H2,1-3H3. The van der Waals surface area contributed by atoms with Gasteiger partial charge >= 0.3 is 0 Å². The van der Waals surface area contributed by atoms with Crippen LogP contribution in [0.4, 0.5) is 0 Å². The fraction of sp³-hybridized carbons (Fsp3) is 0.778. The highest BCUT2D eigenvalue weighted by molar-refractivity contribution is 4.91. The lowest BCUT2D eigenvalue weighted by Crippen LogP contribution is -2.17. The summed E-state index contributed by atoms with van der Waals surface area (Å²) in [5.74, 6) is 1.97. The Bertz CT molecular complexity index is 254. The third-order valence-corrected chi connectivity index (χ3v) is 2.17. The molecule has 0 saturated heterocycles. The maximum atomic E-state index is 4.06. The quantitative estimate of drug-likeness (QED) is 0.691. The first kappa shape index (κ1) is 10.2. The molecule has 0 spiro atoms. The number of rotatable bonds is 5. The van der Waals surface area contributed by atoms with Crippen LogP contribution in [-0.4, -0.2) is 21.3 Å². The molecule has 1 heterocycles. The molecule has 1 aromatic heterocycles. The van der Waals surface area contributed by atoms with Crippen LogP contribution in [0.15, 0.2) is 0 Å². The molecule has 1 rings (SSSR count). The molecule has 0 aromatic carbocycles. The predicted octanol–water partition coefficient (Wildman–Crippen LogP) is 1.01. The van der Waals surface area contributed by atoms with Gasteiger partial charge in [0, 0.05) is 7.05 Å². The number of nitrogens with zero attached hydrogens (tertiary/aromatic N) is 3. The van der Waals surface area contributed by atoms with Crippen molar-refractivity contribution in [1.82, 2.24) is 20.1 Å². The lowest BCUT2D eigenvalue weighted by Gasteiger charge is -2.03. The maximum Gasteiger partial charge on any atom is 0.146 e. The summed E-state index contributed by atoms with van der Waals surface area (Å²) >= 11 is 0. The number of hydrogen-bond acceptors (Lipinski definition) is 3. The van der Waals surface area contributed by atoms with Gasteiger partial charge in [0.2, 0.25) is 0 Å². The van der Waals surface area contributed by atoms with E-state index in [2.05, 4.69) is 22.4 Å². The van der Waals surface area contributed by atoms with Crippen LogP contribution >= 0.6 is 0 Å². The zero-order chi connectivity index (χ0) is 9.68. The minimum Gasteiger partial charge on any atom is -0.317 e. The van der Waals surface area contributed by atoms with Crippen LogP contribution < -0.4 is 5.32 Å². The van der Waals surface area contributed by atoms with Crippen LogP contribution in [0.1, 0.15) is 31.4 Å². The van der Waals surface area contributed by atoms with Crippen molar-refractivity contribution in [2.24, 2.45) is 7.05 Å². The van der Waals surface area contributed by atoms with Gasteiger partial charge in [0.05, 0.1) is 6.54 Å². The molecule has 4 heteroatoms. The van der Waals surface area contributed by atoms with Crippen molar-refractivity contribution < 1.29 is 0 Å². The molecular weight excluding hydrogens is 164 g/mol. The maximum absolute atomic E-state index is 4.06. The largest absolute Gasteiger partial charge is 0.317 e. The summed E-state index contributed by atoms with van der Waals surface area (Å²) in [6.45, 7) is 6.02. The molecule has 0 amide bonds. The van der Waals surface area contributed by atoms with Crippen molar-refractivity contribution in [2.75, 3.05) is 6.54 Å². The third kappa shape index (κ3) is 2.81. The number of unbranched alkanes of at least 4 members (excludes halogenated alkanes) is 1. The van der Waals surface area contributed by atoms with Crippen LogP contribution in [0.3, 0.4) is 0 Å². The zero-order valence-corrected chi connectivity index (χ0v) is 8.67. The number of hydrogen-bond donors (Lipinski definition) is 1. The lowest BCUT2D eigenvalue weighted by atomic mass is 10.3. The molecule has 1 N–H and O–H groups in total. The van der Waals surface area contributed by atoms with Gasteiger partial charge < -0.3 is 9.88 Å². The number of aromatic nitrogens is 3. The lowest BCUT2D eigenvalue weighted by molar-refractivity contribution is 0.605. The van der Waals surface area contributed by atoms with Crippen molar-refractivity contribution >= 4 is 0 Å². The van der Waals surface area contributed by atoms with E-state index in [4.69, 9.17) is 0 Å². The molecule has 0 fully saturated rings. The van der Waals surface area contributed by atoms with E-state index in [1.54, 1.807) is 0 Å². The molecule has 0 radical (unpaired) electrons. The summed E-state index contributed by atoms with van der Waals surface area (Å²) in [6.07, 6.45) is 2.45.